The van der Waals surface area contributed by atoms with Crippen molar-refractivity contribution in [2.24, 2.45) is 4.99 Å². The first kappa shape index (κ1) is 22.1. The molecule has 0 radical (unpaired) electrons. The van der Waals surface area contributed by atoms with Gasteiger partial charge in [-0.3, -0.25) is 4.79 Å². The number of aromatic nitrogens is 1. The fourth-order valence-electron chi connectivity index (χ4n) is 3.07. The molecular weight excluding hydrogens is 425 g/mol. The van der Waals surface area contributed by atoms with E-state index >= 15 is 0 Å². The second kappa shape index (κ2) is 9.03. The molecule has 0 unspecified atom stereocenters. The predicted octanol–water partition coefficient (Wildman–Crippen LogP) is 3.80. The van der Waals surface area contributed by atoms with Gasteiger partial charge in [-0.1, -0.05) is 31.3 Å². The molecule has 1 heterocycles. The maximum absolute atomic E-state index is 13.6. The third-order valence-electron chi connectivity index (χ3n) is 4.60. The Morgan fingerprint density at radius 3 is 2.47 bits per heavy atom. The van der Waals surface area contributed by atoms with Crippen LogP contribution in [0.15, 0.2) is 65.0 Å². The van der Waals surface area contributed by atoms with Gasteiger partial charge in [-0.15, -0.1) is 6.58 Å². The van der Waals surface area contributed by atoms with Crippen LogP contribution in [0.3, 0.4) is 0 Å². The van der Waals surface area contributed by atoms with Gasteiger partial charge in [0.15, 0.2) is 4.80 Å². The number of amides is 1. The number of benzene rings is 2. The van der Waals surface area contributed by atoms with Gasteiger partial charge in [0, 0.05) is 25.2 Å². The van der Waals surface area contributed by atoms with Crippen LogP contribution in [0, 0.1) is 5.82 Å². The molecule has 158 valence electrons. The number of thiazole rings is 1. The molecule has 1 amide bonds. The molecule has 0 spiro atoms. The van der Waals surface area contributed by atoms with Crippen LogP contribution in [0.2, 0.25) is 0 Å². The highest BCUT2D eigenvalue weighted by Crippen LogP contribution is 2.20. The minimum atomic E-state index is -3.60. The summed E-state index contributed by atoms with van der Waals surface area (Å²) >= 11 is 1.20. The van der Waals surface area contributed by atoms with Gasteiger partial charge in [0.1, 0.15) is 5.82 Å². The Labute approximate surface area is 178 Å². The predicted molar refractivity (Wildman–Crippen MR) is 116 cm³/mol. The molecule has 3 aromatic rings. The highest BCUT2D eigenvalue weighted by atomic mass is 32.2. The van der Waals surface area contributed by atoms with Gasteiger partial charge in [0.2, 0.25) is 10.0 Å². The van der Waals surface area contributed by atoms with Gasteiger partial charge in [-0.25, -0.2) is 12.8 Å². The second-order valence-corrected chi connectivity index (χ2v) is 9.37. The van der Waals surface area contributed by atoms with Crippen molar-refractivity contribution in [1.82, 2.24) is 8.87 Å². The molecule has 0 N–H and O–H groups in total. The van der Waals surface area contributed by atoms with Gasteiger partial charge in [-0.05, 0) is 42.5 Å². The van der Waals surface area contributed by atoms with E-state index in [4.69, 9.17) is 0 Å². The molecule has 0 saturated heterocycles. The van der Waals surface area contributed by atoms with Crippen molar-refractivity contribution in [2.45, 2.75) is 25.3 Å². The molecule has 0 aliphatic carbocycles. The molecule has 0 fully saturated rings. The summed E-state index contributed by atoms with van der Waals surface area (Å²) in [5, 5.41) is 0. The van der Waals surface area contributed by atoms with E-state index in [1.807, 2.05) is 0 Å². The first-order chi connectivity index (χ1) is 14.3. The summed E-state index contributed by atoms with van der Waals surface area (Å²) in [7, 11) is -3.60. The number of halogens is 1. The third-order valence-corrected chi connectivity index (χ3v) is 7.70. The maximum Gasteiger partial charge on any atom is 0.279 e. The molecule has 30 heavy (non-hydrogen) atoms. The Bertz CT molecular complexity index is 1250. The van der Waals surface area contributed by atoms with E-state index in [0.717, 1.165) is 5.52 Å². The first-order valence-electron chi connectivity index (χ1n) is 9.40. The zero-order chi connectivity index (χ0) is 21.9. The Morgan fingerprint density at radius 2 is 1.87 bits per heavy atom. The van der Waals surface area contributed by atoms with Crippen molar-refractivity contribution >= 4 is 37.5 Å². The molecule has 1 aromatic heterocycles. The van der Waals surface area contributed by atoms with Crippen molar-refractivity contribution in [3.63, 3.8) is 0 Å². The molecule has 6 nitrogen and oxygen atoms in total. The zero-order valence-corrected chi connectivity index (χ0v) is 18.3. The highest BCUT2D eigenvalue weighted by Gasteiger charge is 2.21. The number of nitrogens with zero attached hydrogens (tertiary/aromatic N) is 3. The lowest BCUT2D eigenvalue weighted by atomic mass is 10.2. The van der Waals surface area contributed by atoms with Crippen molar-refractivity contribution in [1.29, 1.82) is 0 Å². The highest BCUT2D eigenvalue weighted by molar-refractivity contribution is 7.89. The van der Waals surface area contributed by atoms with Crippen molar-refractivity contribution in [2.75, 3.05) is 13.1 Å². The topological polar surface area (TPSA) is 71.7 Å². The summed E-state index contributed by atoms with van der Waals surface area (Å²) in [6.45, 7) is 8.41. The van der Waals surface area contributed by atoms with Crippen LogP contribution in [0.5, 0.6) is 0 Å². The smallest absolute Gasteiger partial charge is 0.279 e. The van der Waals surface area contributed by atoms with Crippen LogP contribution in [0.4, 0.5) is 4.39 Å². The molecule has 2 aromatic carbocycles. The van der Waals surface area contributed by atoms with Crippen LogP contribution in [0.25, 0.3) is 10.2 Å². The Morgan fingerprint density at radius 1 is 1.20 bits per heavy atom. The quantitative estimate of drug-likeness (QED) is 0.517. The zero-order valence-electron chi connectivity index (χ0n) is 16.7. The summed E-state index contributed by atoms with van der Waals surface area (Å²) in [5.74, 6) is -0.871. The minimum absolute atomic E-state index is 0.127. The van der Waals surface area contributed by atoms with E-state index in [2.05, 4.69) is 11.6 Å². The largest absolute Gasteiger partial charge is 0.312 e. The molecule has 0 aliphatic rings. The molecule has 0 saturated carbocycles. The van der Waals surface area contributed by atoms with Crippen LogP contribution >= 0.6 is 11.3 Å². The number of fused-ring (bicyclic) bond motifs is 1. The number of hydrogen-bond acceptors (Lipinski definition) is 4. The average Bonchev–Trinajstić information content (AvgIpc) is 3.05. The van der Waals surface area contributed by atoms with E-state index in [-0.39, 0.29) is 16.3 Å². The van der Waals surface area contributed by atoms with Crippen LogP contribution in [-0.2, 0) is 16.6 Å². The molecular formula is C21H22FN3O3S2. The van der Waals surface area contributed by atoms with E-state index < -0.39 is 15.9 Å². The lowest BCUT2D eigenvalue weighted by Crippen LogP contribution is -2.30. The fraction of sp³-hybridized carbons (Fsp3) is 0.238. The average molecular weight is 448 g/mol. The van der Waals surface area contributed by atoms with Gasteiger partial charge >= 0.3 is 0 Å². The number of rotatable bonds is 7. The van der Waals surface area contributed by atoms with Crippen LogP contribution in [0.1, 0.15) is 24.2 Å². The Balaban J connectivity index is 1.99. The first-order valence-corrected chi connectivity index (χ1v) is 11.7. The molecule has 3 rings (SSSR count). The summed E-state index contributed by atoms with van der Waals surface area (Å²) in [5.41, 5.74) is 1.02. The Kier molecular flexibility index (Phi) is 6.64. The second-order valence-electron chi connectivity index (χ2n) is 6.43. The lowest BCUT2D eigenvalue weighted by Gasteiger charge is -2.18. The van der Waals surface area contributed by atoms with Gasteiger partial charge in [-0.2, -0.15) is 9.30 Å². The van der Waals surface area contributed by atoms with E-state index in [0.29, 0.717) is 29.1 Å². The monoisotopic (exact) mass is 447 g/mol. The van der Waals surface area contributed by atoms with Gasteiger partial charge in [0.25, 0.3) is 5.91 Å². The number of carbonyl (C=O) groups is 1. The molecule has 0 bridgehead atoms. The van der Waals surface area contributed by atoms with Crippen molar-refractivity contribution in [3.8, 4) is 0 Å². The molecule has 0 aliphatic heterocycles. The fourth-order valence-corrected chi connectivity index (χ4v) is 5.59. The molecule has 9 heteroatoms. The Hall–Kier alpha value is -2.62. The van der Waals surface area contributed by atoms with Crippen molar-refractivity contribution < 1.29 is 17.6 Å². The number of allylic oxidation sites excluding steroid dienone is 1. The molecule has 0 atom stereocenters. The SMILES string of the molecule is C=CCn1c(=NC(=O)c2ccc(S(=O)(=O)N(CC)CC)cc2)sc2cc(F)ccc21. The number of carbonyl (C=O) groups excluding carboxylic acids is 1. The standard InChI is InChI=1S/C21H22FN3O3S2/c1-4-13-25-18-12-9-16(22)14-19(18)29-21(25)23-20(26)15-7-10-17(11-8-15)30(27,28)24(5-2)6-3/h4,7-12,14H,1,5-6,13H2,2-3H3. The minimum Gasteiger partial charge on any atom is -0.312 e. The van der Waals surface area contributed by atoms with Crippen molar-refractivity contribution in [3.05, 3.63) is 71.3 Å². The van der Waals surface area contributed by atoms with E-state index in [1.165, 1.54) is 52.0 Å². The lowest BCUT2D eigenvalue weighted by molar-refractivity contribution is 0.0997. The normalized spacial score (nSPS) is 12.6. The number of hydrogen-bond donors (Lipinski definition) is 0. The van der Waals surface area contributed by atoms with E-state index in [9.17, 15) is 17.6 Å². The van der Waals surface area contributed by atoms with E-state index in [1.54, 1.807) is 30.6 Å². The summed E-state index contributed by atoms with van der Waals surface area (Å²) < 4.78 is 42.5. The van der Waals surface area contributed by atoms with Crippen LogP contribution in [-0.4, -0.2) is 36.3 Å². The third kappa shape index (κ3) is 4.28. The van der Waals surface area contributed by atoms with Crippen LogP contribution < -0.4 is 4.80 Å². The van der Waals surface area contributed by atoms with Gasteiger partial charge < -0.3 is 4.57 Å². The summed E-state index contributed by atoms with van der Waals surface area (Å²) in [4.78, 5) is 17.4. The number of sulfonamides is 1. The maximum atomic E-state index is 13.6. The summed E-state index contributed by atoms with van der Waals surface area (Å²) in [6, 6.07) is 10.1. The summed E-state index contributed by atoms with van der Waals surface area (Å²) in [6.07, 6.45) is 1.67. The van der Waals surface area contributed by atoms with Gasteiger partial charge in [0.05, 0.1) is 15.1 Å².